The molecule has 0 unspecified atom stereocenters. The van der Waals surface area contributed by atoms with Crippen LogP contribution in [0.5, 0.6) is 0 Å². The van der Waals surface area contributed by atoms with Crippen LogP contribution in [0.25, 0.3) is 0 Å². The Kier molecular flexibility index (Phi) is 5.25. The van der Waals surface area contributed by atoms with Gasteiger partial charge in [0.25, 0.3) is 5.91 Å². The Morgan fingerprint density at radius 2 is 1.76 bits per heavy atom. The summed E-state index contributed by atoms with van der Waals surface area (Å²) in [6.07, 6.45) is -1.23. The van der Waals surface area contributed by atoms with Gasteiger partial charge in [0.2, 0.25) is 0 Å². The van der Waals surface area contributed by atoms with Gasteiger partial charge in [0, 0.05) is 4.47 Å². The average molecular weight is 347 g/mol. The monoisotopic (exact) mass is 346 g/mol. The van der Waals surface area contributed by atoms with Crippen molar-refractivity contribution in [2.24, 2.45) is 5.10 Å². The number of hydrogen-bond donors (Lipinski definition) is 2. The van der Waals surface area contributed by atoms with Gasteiger partial charge in [-0.25, -0.2) is 5.43 Å². The van der Waals surface area contributed by atoms with Crippen LogP contribution in [0.2, 0.25) is 0 Å². The van der Waals surface area contributed by atoms with Gasteiger partial charge in [0.05, 0.1) is 5.71 Å². The van der Waals surface area contributed by atoms with Crippen LogP contribution in [-0.2, 0) is 4.79 Å². The number of nitrogens with zero attached hydrogens (tertiary/aromatic N) is 1. The van der Waals surface area contributed by atoms with E-state index in [1.54, 1.807) is 31.2 Å². The second-order valence-corrected chi connectivity index (χ2v) is 5.41. The zero-order valence-electron chi connectivity index (χ0n) is 11.5. The molecule has 2 N–H and O–H groups in total. The number of amides is 1. The lowest BCUT2D eigenvalue weighted by atomic mass is 10.1. The Hall–Kier alpha value is -1.98. The van der Waals surface area contributed by atoms with E-state index in [0.717, 1.165) is 10.0 Å². The third-order valence-corrected chi connectivity index (χ3v) is 3.49. The van der Waals surface area contributed by atoms with Crippen LogP contribution in [0, 0.1) is 0 Å². The molecule has 0 saturated heterocycles. The van der Waals surface area contributed by atoms with Gasteiger partial charge in [-0.2, -0.15) is 5.10 Å². The lowest BCUT2D eigenvalue weighted by molar-refractivity contribution is -0.129. The highest BCUT2D eigenvalue weighted by atomic mass is 79.9. The van der Waals surface area contributed by atoms with Crippen LogP contribution >= 0.6 is 15.9 Å². The number of carbonyl (C=O) groups excluding carboxylic acids is 1. The molecule has 0 fully saturated rings. The van der Waals surface area contributed by atoms with Crippen molar-refractivity contribution < 1.29 is 9.90 Å². The molecule has 4 nitrogen and oxygen atoms in total. The molecule has 5 heteroatoms. The van der Waals surface area contributed by atoms with Crippen LogP contribution < -0.4 is 5.43 Å². The second-order valence-electron chi connectivity index (χ2n) is 4.49. The Balaban J connectivity index is 2.03. The van der Waals surface area contributed by atoms with Crippen LogP contribution in [-0.4, -0.2) is 16.7 Å². The molecule has 0 aliphatic heterocycles. The lowest BCUT2D eigenvalue weighted by Crippen LogP contribution is -2.26. The van der Waals surface area contributed by atoms with Gasteiger partial charge in [-0.05, 0) is 30.2 Å². The molecule has 0 saturated carbocycles. The number of benzene rings is 2. The number of carbonyl (C=O) groups is 1. The SMILES string of the molecule is CC(=NNC(=O)[C@H](O)c1ccccc1)c1ccc(Br)cc1. The predicted molar refractivity (Wildman–Crippen MR) is 85.9 cm³/mol. The molecule has 0 aliphatic rings. The maximum atomic E-state index is 11.9. The Labute approximate surface area is 131 Å². The van der Waals surface area contributed by atoms with Crippen molar-refractivity contribution in [1.29, 1.82) is 0 Å². The molecule has 2 aromatic rings. The largest absolute Gasteiger partial charge is 0.378 e. The summed E-state index contributed by atoms with van der Waals surface area (Å²) < 4.78 is 0.975. The highest BCUT2D eigenvalue weighted by Crippen LogP contribution is 2.13. The highest BCUT2D eigenvalue weighted by molar-refractivity contribution is 9.10. The Bertz CT molecular complexity index is 639. The first-order valence-electron chi connectivity index (χ1n) is 6.41. The number of aliphatic hydroxyl groups is 1. The van der Waals surface area contributed by atoms with E-state index < -0.39 is 12.0 Å². The van der Waals surface area contributed by atoms with Gasteiger partial charge in [-0.1, -0.05) is 58.4 Å². The van der Waals surface area contributed by atoms with E-state index in [1.165, 1.54) is 0 Å². The molecule has 0 heterocycles. The minimum atomic E-state index is -1.23. The third-order valence-electron chi connectivity index (χ3n) is 2.96. The predicted octanol–water partition coefficient (Wildman–Crippen LogP) is 3.02. The maximum absolute atomic E-state index is 11.9. The zero-order chi connectivity index (χ0) is 15.2. The lowest BCUT2D eigenvalue weighted by Gasteiger charge is -2.09. The summed E-state index contributed by atoms with van der Waals surface area (Å²) in [5, 5.41) is 13.9. The first-order chi connectivity index (χ1) is 10.1. The summed E-state index contributed by atoms with van der Waals surface area (Å²) in [7, 11) is 0. The number of halogens is 1. The smallest absolute Gasteiger partial charge is 0.273 e. The van der Waals surface area contributed by atoms with Gasteiger partial charge in [-0.15, -0.1) is 0 Å². The summed E-state index contributed by atoms with van der Waals surface area (Å²) in [6, 6.07) is 16.3. The maximum Gasteiger partial charge on any atom is 0.273 e. The number of hydrogen-bond acceptors (Lipinski definition) is 3. The summed E-state index contributed by atoms with van der Waals surface area (Å²) in [5.74, 6) is -0.558. The van der Waals surface area contributed by atoms with E-state index in [1.807, 2.05) is 30.3 Å². The van der Waals surface area contributed by atoms with Crippen molar-refractivity contribution in [3.8, 4) is 0 Å². The van der Waals surface area contributed by atoms with Crippen molar-refractivity contribution >= 4 is 27.5 Å². The Morgan fingerprint density at radius 3 is 2.38 bits per heavy atom. The van der Waals surface area contributed by atoms with Crippen molar-refractivity contribution in [2.75, 3.05) is 0 Å². The van der Waals surface area contributed by atoms with Gasteiger partial charge >= 0.3 is 0 Å². The summed E-state index contributed by atoms with van der Waals surface area (Å²) >= 11 is 3.36. The van der Waals surface area contributed by atoms with Crippen molar-refractivity contribution in [3.63, 3.8) is 0 Å². The average Bonchev–Trinajstić information content (AvgIpc) is 2.53. The van der Waals surface area contributed by atoms with E-state index in [2.05, 4.69) is 26.5 Å². The normalized spacial score (nSPS) is 12.8. The standard InChI is InChI=1S/C16H15BrN2O2/c1-11(12-7-9-14(17)10-8-12)18-19-16(21)15(20)13-5-3-2-4-6-13/h2-10,15,20H,1H3,(H,19,21)/t15-/m1/s1. The molecule has 0 radical (unpaired) electrons. The van der Waals surface area contributed by atoms with E-state index in [-0.39, 0.29) is 0 Å². The second kappa shape index (κ2) is 7.15. The minimum absolute atomic E-state index is 0.534. The molecule has 0 bridgehead atoms. The first kappa shape index (κ1) is 15.4. The summed E-state index contributed by atoms with van der Waals surface area (Å²) in [6.45, 7) is 1.79. The first-order valence-corrected chi connectivity index (χ1v) is 7.20. The van der Waals surface area contributed by atoms with E-state index in [9.17, 15) is 9.90 Å². The van der Waals surface area contributed by atoms with Gasteiger partial charge in [0.1, 0.15) is 0 Å². The number of rotatable bonds is 4. The minimum Gasteiger partial charge on any atom is -0.378 e. The van der Waals surface area contributed by atoms with Crippen LogP contribution in [0.4, 0.5) is 0 Å². The molecular weight excluding hydrogens is 332 g/mol. The third kappa shape index (κ3) is 4.24. The van der Waals surface area contributed by atoms with E-state index in [0.29, 0.717) is 11.3 Å². The van der Waals surface area contributed by atoms with Gasteiger partial charge in [0.15, 0.2) is 6.10 Å². The molecule has 0 aliphatic carbocycles. The summed E-state index contributed by atoms with van der Waals surface area (Å²) in [5.41, 5.74) is 4.47. The van der Waals surface area contributed by atoms with Crippen molar-refractivity contribution in [3.05, 3.63) is 70.2 Å². The molecule has 2 aromatic carbocycles. The molecule has 1 amide bonds. The van der Waals surface area contributed by atoms with E-state index in [4.69, 9.17) is 0 Å². The molecule has 2 rings (SSSR count). The summed E-state index contributed by atoms with van der Waals surface area (Å²) in [4.78, 5) is 11.9. The number of aliphatic hydroxyl groups excluding tert-OH is 1. The van der Waals surface area contributed by atoms with Crippen LogP contribution in [0.1, 0.15) is 24.2 Å². The fourth-order valence-corrected chi connectivity index (χ4v) is 2.01. The molecular formula is C16H15BrN2O2. The molecule has 108 valence electrons. The number of nitrogens with one attached hydrogen (secondary N) is 1. The van der Waals surface area contributed by atoms with Gasteiger partial charge in [-0.3, -0.25) is 4.79 Å². The fraction of sp³-hybridized carbons (Fsp3) is 0.125. The molecule has 21 heavy (non-hydrogen) atoms. The topological polar surface area (TPSA) is 61.7 Å². The fourth-order valence-electron chi connectivity index (χ4n) is 1.74. The van der Waals surface area contributed by atoms with Gasteiger partial charge < -0.3 is 5.11 Å². The molecule has 0 spiro atoms. The van der Waals surface area contributed by atoms with Crippen LogP contribution in [0.3, 0.4) is 0 Å². The molecule has 0 aromatic heterocycles. The quantitative estimate of drug-likeness (QED) is 0.660. The highest BCUT2D eigenvalue weighted by Gasteiger charge is 2.16. The van der Waals surface area contributed by atoms with Crippen molar-refractivity contribution in [1.82, 2.24) is 5.43 Å². The van der Waals surface area contributed by atoms with E-state index >= 15 is 0 Å². The van der Waals surface area contributed by atoms with Crippen molar-refractivity contribution in [2.45, 2.75) is 13.0 Å². The zero-order valence-corrected chi connectivity index (χ0v) is 13.0. The molecule has 1 atom stereocenters. The van der Waals surface area contributed by atoms with Crippen LogP contribution in [0.15, 0.2) is 64.2 Å². The Morgan fingerprint density at radius 1 is 1.14 bits per heavy atom. The number of hydrazone groups is 1.